The predicted molar refractivity (Wildman–Crippen MR) is 129 cm³/mol. The van der Waals surface area contributed by atoms with Crippen LogP contribution in [0.5, 0.6) is 0 Å². The summed E-state index contributed by atoms with van der Waals surface area (Å²) in [5, 5.41) is 2.97. The summed E-state index contributed by atoms with van der Waals surface area (Å²) in [5.74, 6) is 1.27. The number of hydrogen-bond acceptors (Lipinski definition) is 7. The van der Waals surface area contributed by atoms with Crippen molar-refractivity contribution in [3.63, 3.8) is 0 Å². The average Bonchev–Trinajstić information content (AvgIpc) is 3.54. The largest absolute Gasteiger partial charge is 0.324 e. The first-order valence-electron chi connectivity index (χ1n) is 11.8. The lowest BCUT2D eigenvalue weighted by Crippen LogP contribution is -2.47. The van der Waals surface area contributed by atoms with Gasteiger partial charge in [-0.1, -0.05) is 6.07 Å². The van der Waals surface area contributed by atoms with Crippen molar-refractivity contribution in [1.29, 1.82) is 0 Å². The second kappa shape index (κ2) is 7.88. The summed E-state index contributed by atoms with van der Waals surface area (Å²) in [6, 6.07) is 5.78. The predicted octanol–water partition coefficient (Wildman–Crippen LogP) is 3.49. The van der Waals surface area contributed by atoms with E-state index in [4.69, 9.17) is 4.98 Å². The van der Waals surface area contributed by atoms with E-state index in [1.54, 1.807) is 12.4 Å². The Labute approximate surface area is 201 Å². The maximum absolute atomic E-state index is 14.0. The van der Waals surface area contributed by atoms with Crippen molar-refractivity contribution in [3.8, 4) is 22.6 Å². The van der Waals surface area contributed by atoms with E-state index < -0.39 is 11.7 Å². The minimum atomic E-state index is -0.939. The highest BCUT2D eigenvalue weighted by Gasteiger charge is 2.49. The highest BCUT2D eigenvalue weighted by atomic mass is 19.1. The third-order valence-electron chi connectivity index (χ3n) is 7.16. The summed E-state index contributed by atoms with van der Waals surface area (Å²) in [4.78, 5) is 37.6. The van der Waals surface area contributed by atoms with Crippen LogP contribution in [0.2, 0.25) is 0 Å². The van der Waals surface area contributed by atoms with E-state index in [9.17, 15) is 9.18 Å². The molecule has 2 atom stereocenters. The molecule has 178 valence electrons. The molecule has 0 aliphatic carbocycles. The number of aromatic nitrogens is 6. The number of imidazole rings is 1. The molecule has 0 bridgehead atoms. The maximum Gasteiger partial charge on any atom is 0.249 e. The summed E-state index contributed by atoms with van der Waals surface area (Å²) in [5.41, 5.74) is 4.29. The van der Waals surface area contributed by atoms with Gasteiger partial charge in [0, 0.05) is 48.8 Å². The fraction of sp³-hybridized carbons (Fsp3) is 0.360. The number of nitrogens with zero attached hydrogens (tertiary/aromatic N) is 7. The molecule has 9 nitrogen and oxygen atoms in total. The number of likely N-dealkylation sites (tertiary alicyclic amines) is 1. The fourth-order valence-electron chi connectivity index (χ4n) is 5.18. The third-order valence-corrected chi connectivity index (χ3v) is 7.16. The molecule has 1 amide bonds. The van der Waals surface area contributed by atoms with Crippen molar-refractivity contribution < 1.29 is 9.18 Å². The van der Waals surface area contributed by atoms with Gasteiger partial charge in [0.1, 0.15) is 40.9 Å². The minimum Gasteiger partial charge on any atom is -0.324 e. The summed E-state index contributed by atoms with van der Waals surface area (Å²) in [7, 11) is 0. The van der Waals surface area contributed by atoms with Crippen LogP contribution in [-0.4, -0.2) is 59.6 Å². The second-order valence-electron chi connectivity index (χ2n) is 9.21. The number of rotatable bonds is 4. The molecular formula is C25H25FN8O. The first-order chi connectivity index (χ1) is 16.9. The molecule has 0 spiro atoms. The number of alkyl halides is 1. The lowest BCUT2D eigenvalue weighted by atomic mass is 9.90. The van der Waals surface area contributed by atoms with Crippen molar-refractivity contribution >= 4 is 22.8 Å². The Bertz CT molecular complexity index is 1470. The van der Waals surface area contributed by atoms with Gasteiger partial charge in [-0.05, 0) is 39.3 Å². The molecule has 2 aliphatic rings. The Hall–Kier alpha value is -3.79. The summed E-state index contributed by atoms with van der Waals surface area (Å²) in [6.45, 7) is 7.19. The number of halogens is 1. The molecule has 1 saturated heterocycles. The number of nitrogens with one attached hydrogen (secondary N) is 1. The van der Waals surface area contributed by atoms with E-state index in [2.05, 4.69) is 25.3 Å². The number of carbonyl (C=O) groups excluding carboxylic acids is 1. The normalized spacial score (nSPS) is 22.1. The number of anilines is 1. The molecule has 6 rings (SSSR count). The second-order valence-corrected chi connectivity index (χ2v) is 9.21. The standard InChI is InChI=1S/C25H25FN8O/c1-4-34-22(16-10-27-14(2)28-11-16)32-21-20(29-13-30-23(21)34)15-5-6-19-18(9-15)25(3,24(35)31-19)33-8-7-17(26)12-33/h5-6,9-11,13,17H,4,7-8,12H2,1-3H3,(H,31,35). The molecular weight excluding hydrogens is 447 g/mol. The monoisotopic (exact) mass is 472 g/mol. The molecule has 4 aromatic rings. The molecule has 10 heteroatoms. The zero-order chi connectivity index (χ0) is 24.3. The SMILES string of the molecule is CCn1c(-c2cnc(C)nc2)nc2c(-c3ccc4c(c3)C(C)(N3CCC(F)C3)C(=O)N4)ncnc21. The number of amides is 1. The molecule has 35 heavy (non-hydrogen) atoms. The van der Waals surface area contributed by atoms with Crippen LogP contribution in [0.3, 0.4) is 0 Å². The highest BCUT2D eigenvalue weighted by Crippen LogP contribution is 2.44. The Balaban J connectivity index is 1.50. The van der Waals surface area contributed by atoms with Gasteiger partial charge in [0.05, 0.1) is 5.56 Å². The lowest BCUT2D eigenvalue weighted by Gasteiger charge is -2.33. The van der Waals surface area contributed by atoms with E-state index >= 15 is 0 Å². The van der Waals surface area contributed by atoms with E-state index in [-0.39, 0.29) is 12.5 Å². The minimum absolute atomic E-state index is 0.136. The van der Waals surface area contributed by atoms with Crippen LogP contribution in [0, 0.1) is 6.92 Å². The Morgan fingerprint density at radius 1 is 1.17 bits per heavy atom. The van der Waals surface area contributed by atoms with E-state index in [1.165, 1.54) is 6.33 Å². The van der Waals surface area contributed by atoms with Crippen LogP contribution in [-0.2, 0) is 16.9 Å². The highest BCUT2D eigenvalue weighted by molar-refractivity contribution is 6.06. The van der Waals surface area contributed by atoms with Crippen LogP contribution in [0.15, 0.2) is 36.9 Å². The van der Waals surface area contributed by atoms with E-state index in [1.807, 2.05) is 48.4 Å². The molecule has 1 N–H and O–H groups in total. The Morgan fingerprint density at radius 2 is 1.97 bits per heavy atom. The first kappa shape index (κ1) is 21.7. The molecule has 2 aliphatic heterocycles. The van der Waals surface area contributed by atoms with Crippen molar-refractivity contribution in [2.45, 2.75) is 45.4 Å². The third kappa shape index (κ3) is 3.23. The summed E-state index contributed by atoms with van der Waals surface area (Å²) < 4.78 is 16.1. The lowest BCUT2D eigenvalue weighted by molar-refractivity contribution is -0.126. The van der Waals surface area contributed by atoms with Crippen LogP contribution in [0.25, 0.3) is 33.8 Å². The van der Waals surface area contributed by atoms with Crippen LogP contribution in [0.1, 0.15) is 31.7 Å². The topological polar surface area (TPSA) is 102 Å². The van der Waals surface area contributed by atoms with Crippen molar-refractivity contribution in [3.05, 3.63) is 48.3 Å². The molecule has 2 unspecified atom stereocenters. The number of benzene rings is 1. The van der Waals surface area contributed by atoms with Gasteiger partial charge >= 0.3 is 0 Å². The number of hydrogen-bond donors (Lipinski definition) is 1. The van der Waals surface area contributed by atoms with E-state index in [0.717, 1.165) is 28.2 Å². The number of carbonyl (C=O) groups is 1. The van der Waals surface area contributed by atoms with Gasteiger partial charge in [0.15, 0.2) is 5.65 Å². The molecule has 1 fully saturated rings. The van der Waals surface area contributed by atoms with E-state index in [0.29, 0.717) is 42.2 Å². The molecule has 5 heterocycles. The van der Waals surface area contributed by atoms with Crippen molar-refractivity contribution in [1.82, 2.24) is 34.4 Å². The zero-order valence-electron chi connectivity index (χ0n) is 19.8. The molecule has 0 radical (unpaired) electrons. The van der Waals surface area contributed by atoms with Gasteiger partial charge in [-0.25, -0.2) is 29.3 Å². The first-order valence-corrected chi connectivity index (χ1v) is 11.8. The van der Waals surface area contributed by atoms with Gasteiger partial charge in [-0.15, -0.1) is 0 Å². The maximum atomic E-state index is 14.0. The number of aryl methyl sites for hydroxylation is 2. The smallest absolute Gasteiger partial charge is 0.249 e. The fourth-order valence-corrected chi connectivity index (χ4v) is 5.18. The van der Waals surface area contributed by atoms with Crippen molar-refractivity contribution in [2.24, 2.45) is 0 Å². The van der Waals surface area contributed by atoms with Crippen LogP contribution < -0.4 is 5.32 Å². The van der Waals surface area contributed by atoms with Gasteiger partial charge in [0.2, 0.25) is 5.91 Å². The molecule has 1 aromatic carbocycles. The number of fused-ring (bicyclic) bond motifs is 2. The van der Waals surface area contributed by atoms with Crippen molar-refractivity contribution in [2.75, 3.05) is 18.4 Å². The van der Waals surface area contributed by atoms with Gasteiger partial charge in [-0.3, -0.25) is 9.69 Å². The van der Waals surface area contributed by atoms with Crippen LogP contribution in [0.4, 0.5) is 10.1 Å². The van der Waals surface area contributed by atoms with Gasteiger partial charge < -0.3 is 9.88 Å². The molecule has 3 aromatic heterocycles. The Kier molecular flexibility index (Phi) is 4.89. The van der Waals surface area contributed by atoms with Gasteiger partial charge in [0.25, 0.3) is 0 Å². The quantitative estimate of drug-likeness (QED) is 0.485. The summed E-state index contributed by atoms with van der Waals surface area (Å²) in [6.07, 6.45) is 4.56. The Morgan fingerprint density at radius 3 is 2.69 bits per heavy atom. The molecule has 0 saturated carbocycles. The van der Waals surface area contributed by atoms with Crippen LogP contribution >= 0.6 is 0 Å². The average molecular weight is 473 g/mol. The zero-order valence-corrected chi connectivity index (χ0v) is 19.8. The summed E-state index contributed by atoms with van der Waals surface area (Å²) >= 11 is 0. The van der Waals surface area contributed by atoms with Gasteiger partial charge in [-0.2, -0.15) is 0 Å².